The van der Waals surface area contributed by atoms with Crippen molar-refractivity contribution in [3.63, 3.8) is 0 Å². The van der Waals surface area contributed by atoms with E-state index in [1.807, 2.05) is 54.6 Å². The van der Waals surface area contributed by atoms with Crippen molar-refractivity contribution < 1.29 is 14.3 Å². The lowest BCUT2D eigenvalue weighted by atomic mass is 9.85. The van der Waals surface area contributed by atoms with E-state index >= 15 is 0 Å². The molecule has 1 aromatic heterocycles. The lowest BCUT2D eigenvalue weighted by Gasteiger charge is -2.31. The number of hydrogen-bond acceptors (Lipinski definition) is 6. The van der Waals surface area contributed by atoms with Crippen molar-refractivity contribution in [3.05, 3.63) is 77.9 Å². The zero-order valence-electron chi connectivity index (χ0n) is 18.8. The first-order valence-electron chi connectivity index (χ1n) is 11.6. The number of rotatable bonds is 4. The third-order valence-electron chi connectivity index (χ3n) is 7.09. The molecule has 2 amide bonds. The molecule has 3 aromatic rings. The van der Waals surface area contributed by atoms with Crippen LogP contribution in [0.25, 0.3) is 0 Å². The lowest BCUT2D eigenvalue weighted by molar-refractivity contribution is -0.122. The fourth-order valence-corrected chi connectivity index (χ4v) is 5.27. The second-order valence-corrected chi connectivity index (χ2v) is 8.98. The molecule has 34 heavy (non-hydrogen) atoms. The second-order valence-electron chi connectivity index (χ2n) is 8.98. The Labute approximate surface area is 197 Å². The number of allylic oxidation sites excluding steroid dienone is 2. The molecule has 4 unspecified atom stereocenters. The van der Waals surface area contributed by atoms with E-state index in [0.717, 1.165) is 23.3 Å². The quantitative estimate of drug-likeness (QED) is 0.474. The van der Waals surface area contributed by atoms with Crippen molar-refractivity contribution in [3.8, 4) is 5.75 Å². The molecule has 3 heterocycles. The Balaban J connectivity index is 1.40. The van der Waals surface area contributed by atoms with E-state index in [1.54, 1.807) is 11.8 Å². The number of anilines is 2. The van der Waals surface area contributed by atoms with Crippen molar-refractivity contribution in [1.29, 1.82) is 0 Å². The van der Waals surface area contributed by atoms with Gasteiger partial charge in [-0.3, -0.25) is 9.59 Å². The SMILES string of the molecule is COc1ccc(C2CC(c3ccccc3)Nc3nc(N4C(=O)C5CC=CCC5C4=O)nn32)cc1. The topological polar surface area (TPSA) is 89.3 Å². The van der Waals surface area contributed by atoms with E-state index in [2.05, 4.69) is 22.4 Å². The Morgan fingerprint density at radius 2 is 1.59 bits per heavy atom. The van der Waals surface area contributed by atoms with Gasteiger partial charge in [-0.15, -0.1) is 5.10 Å². The number of carbonyl (C=O) groups excluding carboxylic acids is 2. The summed E-state index contributed by atoms with van der Waals surface area (Å²) < 4.78 is 7.13. The molecule has 8 nitrogen and oxygen atoms in total. The minimum Gasteiger partial charge on any atom is -0.497 e. The third-order valence-corrected chi connectivity index (χ3v) is 7.09. The number of carbonyl (C=O) groups is 2. The van der Waals surface area contributed by atoms with Crippen molar-refractivity contribution in [2.24, 2.45) is 11.8 Å². The molecule has 172 valence electrons. The van der Waals surface area contributed by atoms with Gasteiger partial charge in [-0.25, -0.2) is 9.58 Å². The van der Waals surface area contributed by atoms with Crippen LogP contribution in [0.1, 0.15) is 42.5 Å². The first-order valence-corrected chi connectivity index (χ1v) is 11.6. The van der Waals surface area contributed by atoms with Crippen LogP contribution in [0.15, 0.2) is 66.7 Å². The molecule has 2 aliphatic heterocycles. The Morgan fingerprint density at radius 1 is 0.912 bits per heavy atom. The van der Waals surface area contributed by atoms with Crippen LogP contribution < -0.4 is 15.0 Å². The molecule has 0 bridgehead atoms. The van der Waals surface area contributed by atoms with E-state index in [4.69, 9.17) is 9.84 Å². The molecule has 6 rings (SSSR count). The van der Waals surface area contributed by atoms with Crippen LogP contribution in [-0.2, 0) is 9.59 Å². The minimum absolute atomic E-state index is 0.00890. The largest absolute Gasteiger partial charge is 0.497 e. The minimum atomic E-state index is -0.319. The Hall–Kier alpha value is -3.94. The molecular weight excluding hydrogens is 430 g/mol. The highest BCUT2D eigenvalue weighted by molar-refractivity contribution is 6.21. The van der Waals surface area contributed by atoms with Gasteiger partial charge in [0.1, 0.15) is 5.75 Å². The maximum Gasteiger partial charge on any atom is 0.260 e. The van der Waals surface area contributed by atoms with E-state index in [9.17, 15) is 9.59 Å². The molecular formula is C26H25N5O3. The molecule has 1 N–H and O–H groups in total. The molecule has 8 heteroatoms. The fraction of sp³-hybridized carbons (Fsp3) is 0.308. The monoisotopic (exact) mass is 455 g/mol. The Morgan fingerprint density at radius 3 is 2.24 bits per heavy atom. The average molecular weight is 456 g/mol. The number of amides is 2. The van der Waals surface area contributed by atoms with Gasteiger partial charge in [0.15, 0.2) is 0 Å². The van der Waals surface area contributed by atoms with Crippen LogP contribution in [0.5, 0.6) is 5.75 Å². The van der Waals surface area contributed by atoms with Crippen molar-refractivity contribution >= 4 is 23.7 Å². The molecule has 2 aromatic carbocycles. The highest BCUT2D eigenvalue weighted by Crippen LogP contribution is 2.41. The number of aromatic nitrogens is 3. The second kappa shape index (κ2) is 8.13. The third kappa shape index (κ3) is 3.29. The van der Waals surface area contributed by atoms with Crippen molar-refractivity contribution in [1.82, 2.24) is 14.8 Å². The molecule has 0 radical (unpaired) electrons. The Kier molecular flexibility index (Phi) is 4.94. The maximum atomic E-state index is 13.1. The first-order chi connectivity index (χ1) is 16.6. The molecule has 1 saturated heterocycles. The van der Waals surface area contributed by atoms with Gasteiger partial charge in [-0.05, 0) is 42.5 Å². The number of ether oxygens (including phenoxy) is 1. The van der Waals surface area contributed by atoms with E-state index < -0.39 is 0 Å². The van der Waals surface area contributed by atoms with Crippen LogP contribution in [0.2, 0.25) is 0 Å². The van der Waals surface area contributed by atoms with Gasteiger partial charge in [0, 0.05) is 0 Å². The summed E-state index contributed by atoms with van der Waals surface area (Å²) in [5, 5.41) is 8.17. The summed E-state index contributed by atoms with van der Waals surface area (Å²) in [6.07, 6.45) is 5.87. The van der Waals surface area contributed by atoms with E-state index in [1.165, 1.54) is 4.90 Å². The number of nitrogens with one attached hydrogen (secondary N) is 1. The number of imide groups is 1. The predicted molar refractivity (Wildman–Crippen MR) is 126 cm³/mol. The number of nitrogens with zero attached hydrogens (tertiary/aromatic N) is 4. The number of hydrogen-bond donors (Lipinski definition) is 1. The standard InChI is InChI=1S/C26H25N5O3/c1-34-18-13-11-17(12-14-18)22-15-21(16-7-3-2-4-8-16)27-25-28-26(29-31(22)25)30-23(32)19-9-5-6-10-20(19)24(30)33/h2-8,11-14,19-22H,9-10,15H2,1H3,(H,27,28,29). The van der Waals surface area contributed by atoms with Crippen molar-refractivity contribution in [2.75, 3.05) is 17.3 Å². The fourth-order valence-electron chi connectivity index (χ4n) is 5.27. The zero-order chi connectivity index (χ0) is 23.2. The van der Waals surface area contributed by atoms with Crippen molar-refractivity contribution in [2.45, 2.75) is 31.3 Å². The summed E-state index contributed by atoms with van der Waals surface area (Å²) in [4.78, 5) is 32.1. The highest BCUT2D eigenvalue weighted by Gasteiger charge is 2.49. The molecule has 1 aliphatic carbocycles. The summed E-state index contributed by atoms with van der Waals surface area (Å²) in [6, 6.07) is 18.0. The summed E-state index contributed by atoms with van der Waals surface area (Å²) in [7, 11) is 1.64. The molecule has 1 fully saturated rings. The van der Waals surface area contributed by atoms with Gasteiger partial charge < -0.3 is 10.1 Å². The number of benzene rings is 2. The summed E-state index contributed by atoms with van der Waals surface area (Å²) in [5.74, 6) is 0.427. The summed E-state index contributed by atoms with van der Waals surface area (Å²) in [5.41, 5.74) is 2.19. The van der Waals surface area contributed by atoms with Crippen LogP contribution in [0.4, 0.5) is 11.9 Å². The summed E-state index contributed by atoms with van der Waals surface area (Å²) in [6.45, 7) is 0. The Bertz CT molecular complexity index is 1240. The van der Waals surface area contributed by atoms with Crippen LogP contribution in [-0.4, -0.2) is 33.7 Å². The van der Waals surface area contributed by atoms with Gasteiger partial charge in [-0.2, -0.15) is 4.98 Å². The smallest absolute Gasteiger partial charge is 0.260 e. The van der Waals surface area contributed by atoms with Gasteiger partial charge in [0.2, 0.25) is 17.8 Å². The molecule has 0 spiro atoms. The molecule has 3 aliphatic rings. The lowest BCUT2D eigenvalue weighted by Crippen LogP contribution is -2.32. The first kappa shape index (κ1) is 20.7. The molecule has 0 saturated carbocycles. The van der Waals surface area contributed by atoms with Gasteiger partial charge in [-0.1, -0.05) is 54.6 Å². The summed E-state index contributed by atoms with van der Waals surface area (Å²) >= 11 is 0. The van der Waals surface area contributed by atoms with Crippen LogP contribution >= 0.6 is 0 Å². The van der Waals surface area contributed by atoms with Crippen LogP contribution in [0, 0.1) is 11.8 Å². The van der Waals surface area contributed by atoms with Gasteiger partial charge >= 0.3 is 0 Å². The highest BCUT2D eigenvalue weighted by atomic mass is 16.5. The average Bonchev–Trinajstić information content (AvgIpc) is 3.42. The molecule has 4 atom stereocenters. The van der Waals surface area contributed by atoms with E-state index in [0.29, 0.717) is 18.8 Å². The maximum absolute atomic E-state index is 13.1. The van der Waals surface area contributed by atoms with Crippen LogP contribution in [0.3, 0.4) is 0 Å². The predicted octanol–water partition coefficient (Wildman–Crippen LogP) is 3.89. The normalized spacial score (nSPS) is 25.6. The van der Waals surface area contributed by atoms with Gasteiger partial charge in [0.25, 0.3) is 5.95 Å². The number of fused-ring (bicyclic) bond motifs is 2. The number of methoxy groups -OCH3 is 1. The van der Waals surface area contributed by atoms with E-state index in [-0.39, 0.29) is 41.7 Å². The van der Waals surface area contributed by atoms with Gasteiger partial charge in [0.05, 0.1) is 31.0 Å². The zero-order valence-corrected chi connectivity index (χ0v) is 18.8.